The molecule has 0 aromatic carbocycles. The molecule has 0 aromatic heterocycles. The zero-order valence-electron chi connectivity index (χ0n) is 27.4. The number of rotatable bonds is 5. The fraction of sp³-hybridized carbons (Fsp3) is 0.912. The number of aliphatic hydroxyl groups excluding tert-OH is 6. The van der Waals surface area contributed by atoms with E-state index in [4.69, 9.17) is 18.9 Å². The summed E-state index contributed by atoms with van der Waals surface area (Å²) in [6.45, 7) is 9.48. The predicted molar refractivity (Wildman–Crippen MR) is 160 cm³/mol. The number of hydrogen-bond donors (Lipinski definition) is 7. The quantitative estimate of drug-likeness (QED) is 0.121. The molecule has 0 aromatic rings. The summed E-state index contributed by atoms with van der Waals surface area (Å²) in [7, 11) is 0. The van der Waals surface area contributed by atoms with Crippen LogP contribution < -0.4 is 0 Å². The summed E-state index contributed by atoms with van der Waals surface area (Å²) in [5.74, 6) is -0.382. The van der Waals surface area contributed by atoms with Gasteiger partial charge in [-0.1, -0.05) is 26.3 Å². The number of aliphatic hydroxyl groups is 7. The topological polar surface area (TPSA) is 199 Å². The van der Waals surface area contributed by atoms with Crippen LogP contribution in [0.1, 0.15) is 73.1 Å². The van der Waals surface area contributed by atoms with E-state index in [2.05, 4.69) is 13.8 Å². The summed E-state index contributed by atoms with van der Waals surface area (Å²) in [6.07, 6.45) is -7.55. The van der Waals surface area contributed by atoms with Gasteiger partial charge in [-0.05, 0) is 68.1 Å². The first-order valence-corrected chi connectivity index (χ1v) is 17.2. The molecule has 0 amide bonds. The van der Waals surface area contributed by atoms with Crippen molar-refractivity contribution in [1.29, 1.82) is 0 Å². The van der Waals surface area contributed by atoms with Crippen molar-refractivity contribution < 1.29 is 59.5 Å². The van der Waals surface area contributed by atoms with Crippen molar-refractivity contribution in [3.63, 3.8) is 0 Å². The van der Waals surface area contributed by atoms with Gasteiger partial charge in [0.2, 0.25) is 0 Å². The first kappa shape index (κ1) is 33.3. The Hall–Kier alpha value is -1.19. The molecule has 0 bridgehead atoms. The second-order valence-corrected chi connectivity index (χ2v) is 16.2. The summed E-state index contributed by atoms with van der Waals surface area (Å²) < 4.78 is 23.8. The van der Waals surface area contributed by atoms with Gasteiger partial charge in [0.1, 0.15) is 42.2 Å². The fourth-order valence-electron chi connectivity index (χ4n) is 11.5. The van der Waals surface area contributed by atoms with Crippen molar-refractivity contribution in [3.8, 4) is 0 Å². The molecule has 260 valence electrons. The van der Waals surface area contributed by atoms with E-state index >= 15 is 0 Å². The van der Waals surface area contributed by atoms with E-state index in [1.807, 2.05) is 13.8 Å². The van der Waals surface area contributed by atoms with Gasteiger partial charge < -0.3 is 54.7 Å². The van der Waals surface area contributed by atoms with Crippen LogP contribution in [0, 0.1) is 40.4 Å². The van der Waals surface area contributed by atoms with Crippen molar-refractivity contribution in [3.05, 3.63) is 11.1 Å². The highest BCUT2D eigenvalue weighted by Gasteiger charge is 2.79. The lowest BCUT2D eigenvalue weighted by Crippen LogP contribution is -2.71. The maximum Gasteiger partial charge on any atom is 0.333 e. The molecule has 4 saturated carbocycles. The smallest absolute Gasteiger partial charge is 0.333 e. The maximum absolute atomic E-state index is 12.6. The van der Waals surface area contributed by atoms with Gasteiger partial charge in [0.15, 0.2) is 6.29 Å². The molecule has 12 nitrogen and oxygen atoms in total. The van der Waals surface area contributed by atoms with Crippen LogP contribution in [-0.4, -0.2) is 121 Å². The van der Waals surface area contributed by atoms with Crippen molar-refractivity contribution in [2.45, 2.75) is 146 Å². The normalized spacial score (nSPS) is 57.1. The van der Waals surface area contributed by atoms with Crippen molar-refractivity contribution in [1.82, 2.24) is 0 Å². The van der Waals surface area contributed by atoms with Crippen LogP contribution in [0.3, 0.4) is 0 Å². The van der Waals surface area contributed by atoms with E-state index in [9.17, 15) is 40.5 Å². The molecule has 3 heterocycles. The average molecular weight is 653 g/mol. The van der Waals surface area contributed by atoms with E-state index in [0.717, 1.165) is 18.4 Å². The predicted octanol–water partition coefficient (Wildman–Crippen LogP) is 0.162. The highest BCUT2D eigenvalue weighted by molar-refractivity contribution is 5.89. The van der Waals surface area contributed by atoms with E-state index in [1.165, 1.54) is 0 Å². The summed E-state index contributed by atoms with van der Waals surface area (Å²) in [5.41, 5.74) is -0.927. The Morgan fingerprint density at radius 2 is 1.72 bits per heavy atom. The SMILES string of the molecule is CC1=C(C)C(=O)O[C@H]([C@H](C)[C@@H]2[C@H](O)C[C@H]3[C@H]4[C@H]5O[C@H]5[C@@]5(O)C[C@@H](O[C@H]6O[C@@H](CO)[C@@H](O)[C@@H](O)[C@H]6O)C[C@@H](O)[C@]5(C)[C@@H]4CC[C@]23C)C1. The van der Waals surface area contributed by atoms with Gasteiger partial charge in [-0.3, -0.25) is 0 Å². The van der Waals surface area contributed by atoms with Crippen LogP contribution in [0.2, 0.25) is 0 Å². The minimum atomic E-state index is -1.59. The van der Waals surface area contributed by atoms with Crippen molar-refractivity contribution >= 4 is 5.97 Å². The molecule has 4 aliphatic carbocycles. The third kappa shape index (κ3) is 4.51. The summed E-state index contributed by atoms with van der Waals surface area (Å²) >= 11 is 0. The molecule has 7 aliphatic rings. The van der Waals surface area contributed by atoms with Gasteiger partial charge in [-0.2, -0.15) is 0 Å². The molecule has 46 heavy (non-hydrogen) atoms. The average Bonchev–Trinajstić information content (AvgIpc) is 3.76. The lowest BCUT2D eigenvalue weighted by molar-refractivity contribution is -0.329. The maximum atomic E-state index is 12.6. The minimum absolute atomic E-state index is 0.0243. The Kier molecular flexibility index (Phi) is 8.08. The third-order valence-electron chi connectivity index (χ3n) is 14.3. The minimum Gasteiger partial charge on any atom is -0.458 e. The van der Waals surface area contributed by atoms with E-state index in [-0.39, 0.29) is 66.0 Å². The molecule has 7 rings (SSSR count). The van der Waals surface area contributed by atoms with E-state index < -0.39 is 72.7 Å². The first-order valence-electron chi connectivity index (χ1n) is 17.2. The van der Waals surface area contributed by atoms with Crippen LogP contribution >= 0.6 is 0 Å². The van der Waals surface area contributed by atoms with Gasteiger partial charge in [0.25, 0.3) is 0 Å². The first-order chi connectivity index (χ1) is 21.6. The second kappa shape index (κ2) is 11.2. The molecular weight excluding hydrogens is 600 g/mol. The van der Waals surface area contributed by atoms with Crippen LogP contribution in [0.25, 0.3) is 0 Å². The lowest BCUT2D eigenvalue weighted by atomic mass is 9.42. The number of ether oxygens (including phenoxy) is 4. The van der Waals surface area contributed by atoms with E-state index in [0.29, 0.717) is 18.4 Å². The van der Waals surface area contributed by atoms with Crippen molar-refractivity contribution in [2.75, 3.05) is 6.61 Å². The zero-order chi connectivity index (χ0) is 33.2. The highest BCUT2D eigenvalue weighted by atomic mass is 16.7. The molecule has 0 unspecified atom stereocenters. The van der Waals surface area contributed by atoms with Gasteiger partial charge >= 0.3 is 5.97 Å². The Bertz CT molecular complexity index is 1260. The van der Waals surface area contributed by atoms with Crippen LogP contribution in [-0.2, 0) is 23.7 Å². The Labute approximate surface area is 269 Å². The van der Waals surface area contributed by atoms with Gasteiger partial charge in [0, 0.05) is 30.3 Å². The summed E-state index contributed by atoms with van der Waals surface area (Å²) in [4.78, 5) is 12.6. The number of cyclic esters (lactones) is 1. The molecule has 7 N–H and O–H groups in total. The summed E-state index contributed by atoms with van der Waals surface area (Å²) in [5, 5.41) is 76.5. The largest absolute Gasteiger partial charge is 0.458 e. The van der Waals surface area contributed by atoms with Crippen LogP contribution in [0.15, 0.2) is 11.1 Å². The van der Waals surface area contributed by atoms with Crippen molar-refractivity contribution in [2.24, 2.45) is 40.4 Å². The van der Waals surface area contributed by atoms with Gasteiger partial charge in [0.05, 0.1) is 31.0 Å². The van der Waals surface area contributed by atoms with Gasteiger partial charge in [-0.25, -0.2) is 4.79 Å². The lowest BCUT2D eigenvalue weighted by Gasteiger charge is -2.64. The molecule has 3 aliphatic heterocycles. The zero-order valence-corrected chi connectivity index (χ0v) is 27.4. The van der Waals surface area contributed by atoms with Crippen LogP contribution in [0.4, 0.5) is 0 Å². The highest BCUT2D eigenvalue weighted by Crippen LogP contribution is 2.73. The molecular formula is C34H52O12. The van der Waals surface area contributed by atoms with Crippen LogP contribution in [0.5, 0.6) is 0 Å². The van der Waals surface area contributed by atoms with Gasteiger partial charge in [-0.15, -0.1) is 0 Å². The Morgan fingerprint density at radius 3 is 2.39 bits per heavy atom. The summed E-state index contributed by atoms with van der Waals surface area (Å²) in [6, 6.07) is 0. The molecule has 0 radical (unpaired) electrons. The second-order valence-electron chi connectivity index (χ2n) is 16.2. The fourth-order valence-corrected chi connectivity index (χ4v) is 11.5. The molecule has 2 saturated heterocycles. The molecule has 19 atom stereocenters. The third-order valence-corrected chi connectivity index (χ3v) is 14.3. The molecule has 12 heteroatoms. The number of epoxide rings is 1. The Morgan fingerprint density at radius 1 is 1.00 bits per heavy atom. The Balaban J connectivity index is 1.11. The monoisotopic (exact) mass is 652 g/mol. The number of carbonyl (C=O) groups is 1. The number of esters is 1. The number of fused-ring (bicyclic) bond motifs is 8. The number of carbonyl (C=O) groups excluding carboxylic acids is 1. The molecule has 0 spiro atoms. The number of hydrogen-bond acceptors (Lipinski definition) is 12. The standard InChI is InChI=1S/C34H52O12/c1-13-8-20(44-30(41)14(13)2)15(3)24-19(36)10-18-23-17(6-7-32(18,24)4)33(5)22(37)9-16(11-34(33,42)29-28(23)46-29)43-31-27(40)26(39)25(38)21(12-35)45-31/h15-29,31,35-40,42H,6-12H2,1-5H3/t15-,16-,17+,18-,19+,20-,21-,22+,23-,24+,25+,26+,27+,28+,29+,31-,32-,33-,34-/m0/s1. The molecule has 6 fully saturated rings. The van der Waals surface area contributed by atoms with E-state index in [1.54, 1.807) is 6.92 Å².